The van der Waals surface area contributed by atoms with Gasteiger partial charge in [0.2, 0.25) is 5.91 Å². The minimum atomic E-state index is -1.16. The number of rotatable bonds is 10. The molecule has 2 rings (SSSR count). The number of hydrogen-bond donors (Lipinski definition) is 2. The third kappa shape index (κ3) is 7.58. The van der Waals surface area contributed by atoms with Gasteiger partial charge >= 0.3 is 5.97 Å². The second-order valence-electron chi connectivity index (χ2n) is 7.36. The Bertz CT molecular complexity index is 791. The molecule has 0 unspecified atom stereocenters. The number of hydrogen-bond acceptors (Lipinski definition) is 5. The predicted molar refractivity (Wildman–Crippen MR) is 110 cm³/mol. The van der Waals surface area contributed by atoms with Gasteiger partial charge in [0.25, 0.3) is 0 Å². The highest BCUT2D eigenvalue weighted by Gasteiger charge is 2.25. The molecule has 0 aliphatic heterocycles. The van der Waals surface area contributed by atoms with Gasteiger partial charge in [0.15, 0.2) is 0 Å². The van der Waals surface area contributed by atoms with Crippen molar-refractivity contribution in [2.45, 2.75) is 45.4 Å². The Morgan fingerprint density at radius 2 is 1.72 bits per heavy atom. The number of aliphatic hydroxyl groups is 1. The van der Waals surface area contributed by atoms with Gasteiger partial charge in [0.1, 0.15) is 24.5 Å². The van der Waals surface area contributed by atoms with Crippen LogP contribution in [-0.4, -0.2) is 36.2 Å². The number of amides is 1. The van der Waals surface area contributed by atoms with Crippen LogP contribution in [0.2, 0.25) is 0 Å². The van der Waals surface area contributed by atoms with E-state index in [0.717, 1.165) is 11.1 Å². The van der Waals surface area contributed by atoms with Crippen LogP contribution in [0.15, 0.2) is 54.6 Å². The highest BCUT2D eigenvalue weighted by molar-refractivity contribution is 5.87. The number of benzene rings is 2. The molecule has 0 saturated carbocycles. The van der Waals surface area contributed by atoms with E-state index in [1.54, 1.807) is 0 Å². The minimum Gasteiger partial charge on any atom is -0.489 e. The topological polar surface area (TPSA) is 84.9 Å². The van der Waals surface area contributed by atoms with E-state index >= 15 is 0 Å². The average molecular weight is 399 g/mol. The number of methoxy groups -OCH3 is 1. The highest BCUT2D eigenvalue weighted by atomic mass is 16.5. The number of esters is 1. The summed E-state index contributed by atoms with van der Waals surface area (Å²) in [4.78, 5) is 24.4. The van der Waals surface area contributed by atoms with E-state index in [4.69, 9.17) is 9.47 Å². The molecule has 156 valence electrons. The molecule has 2 aromatic carbocycles. The van der Waals surface area contributed by atoms with Crippen molar-refractivity contribution in [2.24, 2.45) is 5.92 Å². The van der Waals surface area contributed by atoms with Gasteiger partial charge in [0, 0.05) is 6.42 Å². The fraction of sp³-hybridized carbons (Fsp3) is 0.391. The van der Waals surface area contributed by atoms with Crippen LogP contribution in [0, 0.1) is 5.92 Å². The van der Waals surface area contributed by atoms with Crippen LogP contribution in [0.3, 0.4) is 0 Å². The lowest BCUT2D eigenvalue weighted by Gasteiger charge is -2.20. The minimum absolute atomic E-state index is 0.158. The Hall–Kier alpha value is -2.86. The van der Waals surface area contributed by atoms with Crippen LogP contribution in [0.1, 0.15) is 31.4 Å². The van der Waals surface area contributed by atoms with E-state index in [0.29, 0.717) is 18.8 Å². The summed E-state index contributed by atoms with van der Waals surface area (Å²) in [5.41, 5.74) is 1.86. The zero-order chi connectivity index (χ0) is 21.2. The molecule has 0 spiro atoms. The number of nitrogens with one attached hydrogen (secondary N) is 1. The van der Waals surface area contributed by atoms with Gasteiger partial charge in [0.05, 0.1) is 7.11 Å². The van der Waals surface area contributed by atoms with Crippen molar-refractivity contribution >= 4 is 11.9 Å². The van der Waals surface area contributed by atoms with Gasteiger partial charge in [-0.2, -0.15) is 0 Å². The second kappa shape index (κ2) is 11.2. The van der Waals surface area contributed by atoms with Crippen molar-refractivity contribution in [3.8, 4) is 5.75 Å². The van der Waals surface area contributed by atoms with Crippen LogP contribution < -0.4 is 10.1 Å². The van der Waals surface area contributed by atoms with Crippen molar-refractivity contribution in [3.63, 3.8) is 0 Å². The smallest absolute Gasteiger partial charge is 0.328 e. The van der Waals surface area contributed by atoms with Gasteiger partial charge < -0.3 is 19.9 Å². The number of carbonyl (C=O) groups is 2. The summed E-state index contributed by atoms with van der Waals surface area (Å²) in [5, 5.41) is 12.6. The number of carbonyl (C=O) groups excluding carboxylic acids is 2. The Balaban J connectivity index is 2.02. The molecule has 0 fully saturated rings. The molecule has 0 aliphatic rings. The molecule has 0 aromatic heterocycles. The molecular formula is C23H29NO5. The lowest BCUT2D eigenvalue weighted by Crippen LogP contribution is -2.47. The maximum absolute atomic E-state index is 12.2. The maximum atomic E-state index is 12.2. The summed E-state index contributed by atoms with van der Waals surface area (Å²) < 4.78 is 10.6. The SMILES string of the molecule is COC(=O)[C@H](Cc1cccc(OCc2ccccc2)c1)NC(=O)[C@H](O)CC(C)C. The third-order valence-electron chi connectivity index (χ3n) is 4.39. The van der Waals surface area contributed by atoms with Gasteiger partial charge in [-0.1, -0.05) is 56.3 Å². The quantitative estimate of drug-likeness (QED) is 0.600. The first-order chi connectivity index (χ1) is 13.9. The van der Waals surface area contributed by atoms with E-state index in [1.807, 2.05) is 68.4 Å². The van der Waals surface area contributed by atoms with Crippen LogP contribution in [-0.2, 0) is 27.4 Å². The molecule has 0 aliphatic carbocycles. The van der Waals surface area contributed by atoms with Crippen molar-refractivity contribution in [1.82, 2.24) is 5.32 Å². The number of ether oxygens (including phenoxy) is 2. The van der Waals surface area contributed by atoms with Crippen LogP contribution in [0.5, 0.6) is 5.75 Å². The van der Waals surface area contributed by atoms with Crippen molar-refractivity contribution in [3.05, 3.63) is 65.7 Å². The first kappa shape index (κ1) is 22.4. The van der Waals surface area contributed by atoms with Gasteiger partial charge in [-0.3, -0.25) is 4.79 Å². The second-order valence-corrected chi connectivity index (χ2v) is 7.36. The molecule has 0 radical (unpaired) electrons. The average Bonchev–Trinajstić information content (AvgIpc) is 2.71. The van der Waals surface area contributed by atoms with E-state index in [2.05, 4.69) is 5.32 Å². The van der Waals surface area contributed by atoms with Gasteiger partial charge in [-0.05, 0) is 35.6 Å². The molecule has 2 atom stereocenters. The van der Waals surface area contributed by atoms with Crippen molar-refractivity contribution in [2.75, 3.05) is 7.11 Å². The third-order valence-corrected chi connectivity index (χ3v) is 4.39. The zero-order valence-electron chi connectivity index (χ0n) is 17.1. The van der Waals surface area contributed by atoms with Crippen LogP contribution >= 0.6 is 0 Å². The maximum Gasteiger partial charge on any atom is 0.328 e. The van der Waals surface area contributed by atoms with E-state index in [1.165, 1.54) is 7.11 Å². The van der Waals surface area contributed by atoms with E-state index in [-0.39, 0.29) is 12.3 Å². The van der Waals surface area contributed by atoms with E-state index < -0.39 is 24.0 Å². The summed E-state index contributed by atoms with van der Waals surface area (Å²) in [6, 6.07) is 16.3. The van der Waals surface area contributed by atoms with Crippen LogP contribution in [0.4, 0.5) is 0 Å². The monoisotopic (exact) mass is 399 g/mol. The summed E-state index contributed by atoms with van der Waals surface area (Å²) in [7, 11) is 1.27. The number of aliphatic hydroxyl groups excluding tert-OH is 1. The predicted octanol–water partition coefficient (Wildman–Crippen LogP) is 2.87. The first-order valence-corrected chi connectivity index (χ1v) is 9.71. The molecule has 0 saturated heterocycles. The molecular weight excluding hydrogens is 370 g/mol. The lowest BCUT2D eigenvalue weighted by atomic mass is 10.0. The molecule has 6 heteroatoms. The first-order valence-electron chi connectivity index (χ1n) is 9.71. The molecule has 1 amide bonds. The highest BCUT2D eigenvalue weighted by Crippen LogP contribution is 2.17. The Labute approximate surface area is 171 Å². The molecule has 0 bridgehead atoms. The largest absolute Gasteiger partial charge is 0.489 e. The standard InChI is InChI=1S/C23H29NO5/c1-16(2)12-21(25)22(26)24-20(23(27)28-3)14-18-10-7-11-19(13-18)29-15-17-8-5-4-6-9-17/h4-11,13,16,20-21,25H,12,14-15H2,1-3H3,(H,24,26)/t20-,21+/m0/s1. The normalized spacial score (nSPS) is 12.9. The Kier molecular flexibility index (Phi) is 8.68. The van der Waals surface area contributed by atoms with Gasteiger partial charge in [-0.15, -0.1) is 0 Å². The molecule has 2 N–H and O–H groups in total. The Morgan fingerprint density at radius 3 is 2.38 bits per heavy atom. The molecule has 0 heterocycles. The van der Waals surface area contributed by atoms with Crippen molar-refractivity contribution in [1.29, 1.82) is 0 Å². The molecule has 6 nitrogen and oxygen atoms in total. The van der Waals surface area contributed by atoms with E-state index in [9.17, 15) is 14.7 Å². The summed E-state index contributed by atoms with van der Waals surface area (Å²) in [5.74, 6) is -0.316. The fourth-order valence-corrected chi connectivity index (χ4v) is 2.90. The zero-order valence-corrected chi connectivity index (χ0v) is 17.1. The van der Waals surface area contributed by atoms with Crippen molar-refractivity contribution < 1.29 is 24.2 Å². The fourth-order valence-electron chi connectivity index (χ4n) is 2.90. The van der Waals surface area contributed by atoms with Crippen LogP contribution in [0.25, 0.3) is 0 Å². The summed E-state index contributed by atoms with van der Waals surface area (Å²) in [6.45, 7) is 4.26. The Morgan fingerprint density at radius 1 is 1.03 bits per heavy atom. The summed E-state index contributed by atoms with van der Waals surface area (Å²) in [6.07, 6.45) is -0.611. The molecule has 2 aromatic rings. The van der Waals surface area contributed by atoms with Gasteiger partial charge in [-0.25, -0.2) is 4.79 Å². The summed E-state index contributed by atoms with van der Waals surface area (Å²) >= 11 is 0. The lowest BCUT2D eigenvalue weighted by molar-refractivity contribution is -0.146. The molecule has 29 heavy (non-hydrogen) atoms.